The Morgan fingerprint density at radius 3 is 2.62 bits per heavy atom. The summed E-state index contributed by atoms with van der Waals surface area (Å²) < 4.78 is 18.1. The van der Waals surface area contributed by atoms with Gasteiger partial charge in [-0.1, -0.05) is 0 Å². The predicted octanol–water partition coefficient (Wildman–Crippen LogP) is 4.42. The Hall–Kier alpha value is -2.80. The Labute approximate surface area is 154 Å². The summed E-state index contributed by atoms with van der Waals surface area (Å²) in [5.74, 6) is -0.738. The molecule has 0 amide bonds. The Bertz CT molecular complexity index is 994. The summed E-state index contributed by atoms with van der Waals surface area (Å²) in [6.07, 6.45) is 1.64. The molecule has 0 aliphatic carbocycles. The van der Waals surface area contributed by atoms with Crippen molar-refractivity contribution in [3.8, 4) is 11.3 Å². The fourth-order valence-corrected chi connectivity index (χ4v) is 3.68. The first-order chi connectivity index (χ1) is 12.4. The number of pyridine rings is 1. The van der Waals surface area contributed by atoms with Crippen LogP contribution in [0.5, 0.6) is 0 Å². The second kappa shape index (κ2) is 7.21. The predicted molar refractivity (Wildman–Crippen MR) is 103 cm³/mol. The summed E-state index contributed by atoms with van der Waals surface area (Å²) in [6, 6.07) is 8.08. The average molecular weight is 371 g/mol. The summed E-state index contributed by atoms with van der Waals surface area (Å²) in [4.78, 5) is 24.2. The first kappa shape index (κ1) is 18.0. The van der Waals surface area contributed by atoms with Crippen molar-refractivity contribution in [3.05, 3.63) is 46.6 Å². The van der Waals surface area contributed by atoms with Gasteiger partial charge in [0.1, 0.15) is 15.5 Å². The second-order valence-electron chi connectivity index (χ2n) is 5.99. The van der Waals surface area contributed by atoms with E-state index in [1.807, 2.05) is 27.1 Å². The number of methoxy groups -OCH3 is 1. The van der Waals surface area contributed by atoms with E-state index in [2.05, 4.69) is 9.98 Å². The van der Waals surface area contributed by atoms with Crippen LogP contribution in [0.25, 0.3) is 21.5 Å². The van der Waals surface area contributed by atoms with Crippen molar-refractivity contribution in [3.63, 3.8) is 0 Å². The SMILES string of the molecule is COC(=O)c1sc2nc(-c3ccc(F)cc3)cc(C)c2c1N=CN(C)C. The van der Waals surface area contributed by atoms with Crippen LogP contribution in [0.1, 0.15) is 15.2 Å². The molecule has 1 aromatic carbocycles. The molecule has 0 aliphatic rings. The summed E-state index contributed by atoms with van der Waals surface area (Å²) in [6.45, 7) is 1.94. The number of thiophene rings is 1. The highest BCUT2D eigenvalue weighted by Crippen LogP contribution is 2.40. The van der Waals surface area contributed by atoms with Gasteiger partial charge in [0.15, 0.2) is 0 Å². The molecule has 7 heteroatoms. The molecule has 3 aromatic rings. The van der Waals surface area contributed by atoms with Crippen LogP contribution in [0, 0.1) is 12.7 Å². The number of aryl methyl sites for hydroxylation is 1. The molecular formula is C19H18FN3O2S. The lowest BCUT2D eigenvalue weighted by atomic mass is 10.1. The monoisotopic (exact) mass is 371 g/mol. The number of hydrogen-bond acceptors (Lipinski definition) is 5. The molecule has 0 unspecified atom stereocenters. The van der Waals surface area contributed by atoms with E-state index >= 15 is 0 Å². The smallest absolute Gasteiger partial charge is 0.350 e. The number of rotatable bonds is 4. The van der Waals surface area contributed by atoms with Crippen LogP contribution in [-0.2, 0) is 4.74 Å². The zero-order chi connectivity index (χ0) is 18.8. The molecule has 2 aromatic heterocycles. The van der Waals surface area contributed by atoms with Crippen molar-refractivity contribution < 1.29 is 13.9 Å². The normalized spacial score (nSPS) is 11.3. The van der Waals surface area contributed by atoms with Crippen LogP contribution in [0.3, 0.4) is 0 Å². The summed E-state index contributed by atoms with van der Waals surface area (Å²) >= 11 is 1.24. The molecule has 3 rings (SSSR count). The number of benzene rings is 1. The molecular weight excluding hydrogens is 353 g/mol. The third kappa shape index (κ3) is 3.43. The average Bonchev–Trinajstić information content (AvgIpc) is 2.99. The van der Waals surface area contributed by atoms with Gasteiger partial charge in [-0.3, -0.25) is 0 Å². The highest BCUT2D eigenvalue weighted by Gasteiger charge is 2.21. The molecule has 0 atom stereocenters. The van der Waals surface area contributed by atoms with Gasteiger partial charge in [-0.2, -0.15) is 0 Å². The van der Waals surface area contributed by atoms with Gasteiger partial charge in [0.05, 0.1) is 24.8 Å². The molecule has 26 heavy (non-hydrogen) atoms. The maximum absolute atomic E-state index is 13.2. The first-order valence-electron chi connectivity index (χ1n) is 7.89. The number of ether oxygens (including phenoxy) is 1. The molecule has 0 aliphatic heterocycles. The van der Waals surface area contributed by atoms with E-state index in [1.54, 1.807) is 23.4 Å². The lowest BCUT2D eigenvalue weighted by Crippen LogP contribution is -2.07. The third-order valence-electron chi connectivity index (χ3n) is 3.76. The van der Waals surface area contributed by atoms with E-state index in [1.165, 1.54) is 30.6 Å². The Morgan fingerprint density at radius 1 is 1.31 bits per heavy atom. The maximum atomic E-state index is 13.2. The number of esters is 1. The van der Waals surface area contributed by atoms with Crippen LogP contribution in [0.2, 0.25) is 0 Å². The zero-order valence-corrected chi connectivity index (χ0v) is 15.7. The standard InChI is InChI=1S/C19H18FN3O2S/c1-11-9-14(12-5-7-13(20)8-6-12)22-18-15(11)16(21-10-23(2)3)17(26-18)19(24)25-4/h5-10H,1-4H3. The van der Waals surface area contributed by atoms with Crippen molar-refractivity contribution in [2.24, 2.45) is 4.99 Å². The number of fused-ring (bicyclic) bond motifs is 1. The van der Waals surface area contributed by atoms with Crippen LogP contribution in [-0.4, -0.2) is 43.4 Å². The largest absolute Gasteiger partial charge is 0.465 e. The Morgan fingerprint density at radius 2 is 2.00 bits per heavy atom. The molecule has 0 spiro atoms. The summed E-state index contributed by atoms with van der Waals surface area (Å²) in [7, 11) is 5.05. The maximum Gasteiger partial charge on any atom is 0.350 e. The van der Waals surface area contributed by atoms with Gasteiger partial charge in [0, 0.05) is 25.0 Å². The minimum absolute atomic E-state index is 0.295. The second-order valence-corrected chi connectivity index (χ2v) is 6.99. The van der Waals surface area contributed by atoms with Crippen molar-refractivity contribution in [2.45, 2.75) is 6.92 Å². The Kier molecular flexibility index (Phi) is 4.99. The van der Waals surface area contributed by atoms with Crippen LogP contribution < -0.4 is 0 Å². The van der Waals surface area contributed by atoms with Gasteiger partial charge < -0.3 is 9.64 Å². The number of aromatic nitrogens is 1. The summed E-state index contributed by atoms with van der Waals surface area (Å²) in [5, 5.41) is 0.819. The fraction of sp³-hybridized carbons (Fsp3) is 0.211. The van der Waals surface area contributed by atoms with Gasteiger partial charge in [-0.15, -0.1) is 11.3 Å². The first-order valence-corrected chi connectivity index (χ1v) is 8.71. The lowest BCUT2D eigenvalue weighted by molar-refractivity contribution is 0.0607. The molecule has 0 saturated carbocycles. The minimum Gasteiger partial charge on any atom is -0.465 e. The van der Waals surface area contributed by atoms with Crippen molar-refractivity contribution in [1.29, 1.82) is 0 Å². The van der Waals surface area contributed by atoms with Crippen LogP contribution in [0.15, 0.2) is 35.3 Å². The number of nitrogens with zero attached hydrogens (tertiary/aromatic N) is 3. The number of halogens is 1. The number of hydrogen-bond donors (Lipinski definition) is 0. The third-order valence-corrected chi connectivity index (χ3v) is 4.82. The minimum atomic E-state index is -0.443. The molecule has 0 N–H and O–H groups in total. The molecule has 5 nitrogen and oxygen atoms in total. The van der Waals surface area contributed by atoms with E-state index < -0.39 is 5.97 Å². The lowest BCUT2D eigenvalue weighted by Gasteiger charge is -2.06. The topological polar surface area (TPSA) is 54.8 Å². The molecule has 0 bridgehead atoms. The molecule has 0 saturated heterocycles. The van der Waals surface area contributed by atoms with E-state index in [4.69, 9.17) is 4.74 Å². The van der Waals surface area contributed by atoms with Crippen LogP contribution >= 0.6 is 11.3 Å². The van der Waals surface area contributed by atoms with E-state index in [-0.39, 0.29) is 5.82 Å². The fourth-order valence-electron chi connectivity index (χ4n) is 2.56. The van der Waals surface area contributed by atoms with E-state index in [9.17, 15) is 9.18 Å². The zero-order valence-electron chi connectivity index (χ0n) is 14.9. The van der Waals surface area contributed by atoms with Crippen molar-refractivity contribution in [1.82, 2.24) is 9.88 Å². The number of carbonyl (C=O) groups excluding carboxylic acids is 1. The van der Waals surface area contributed by atoms with E-state index in [0.717, 1.165) is 22.2 Å². The molecule has 0 radical (unpaired) electrons. The van der Waals surface area contributed by atoms with Gasteiger partial charge in [0.25, 0.3) is 0 Å². The van der Waals surface area contributed by atoms with Gasteiger partial charge in [-0.25, -0.2) is 19.2 Å². The molecule has 0 fully saturated rings. The quantitative estimate of drug-likeness (QED) is 0.387. The highest BCUT2D eigenvalue weighted by molar-refractivity contribution is 7.21. The Balaban J connectivity index is 2.22. The van der Waals surface area contributed by atoms with Crippen molar-refractivity contribution in [2.75, 3.05) is 21.2 Å². The van der Waals surface area contributed by atoms with E-state index in [0.29, 0.717) is 15.4 Å². The number of aliphatic imine (C=N–C) groups is 1. The van der Waals surface area contributed by atoms with Gasteiger partial charge in [0.2, 0.25) is 0 Å². The van der Waals surface area contributed by atoms with Crippen molar-refractivity contribution >= 4 is 39.5 Å². The number of carbonyl (C=O) groups is 1. The van der Waals surface area contributed by atoms with Crippen LogP contribution in [0.4, 0.5) is 10.1 Å². The highest BCUT2D eigenvalue weighted by atomic mass is 32.1. The van der Waals surface area contributed by atoms with Gasteiger partial charge >= 0.3 is 5.97 Å². The van der Waals surface area contributed by atoms with Gasteiger partial charge in [-0.05, 0) is 42.8 Å². The molecule has 2 heterocycles. The summed E-state index contributed by atoms with van der Waals surface area (Å²) in [5.41, 5.74) is 3.02. The molecule has 134 valence electrons.